The standard InChI is InChI=1S/C21H23N3O3S/c1-14-15(2)28-21-19(14)20(16-6-4-3-5-7-16)22-12-17(25)24(21)13-18(26)23-8-10-27-11-9-23/h3-7H,8-13H2,1-2H3. The highest BCUT2D eigenvalue weighted by atomic mass is 32.1. The first-order valence-corrected chi connectivity index (χ1v) is 10.2. The molecule has 1 aromatic heterocycles. The quantitative estimate of drug-likeness (QED) is 0.799. The van der Waals surface area contributed by atoms with Crippen LogP contribution in [-0.2, 0) is 14.3 Å². The fraction of sp³-hybridized carbons (Fsp3) is 0.381. The van der Waals surface area contributed by atoms with Crippen LogP contribution in [0.3, 0.4) is 0 Å². The number of fused-ring (bicyclic) bond motifs is 1. The molecule has 0 radical (unpaired) electrons. The third-order valence-corrected chi connectivity index (χ3v) is 6.46. The number of hydrogen-bond donors (Lipinski definition) is 0. The van der Waals surface area contributed by atoms with Crippen LogP contribution >= 0.6 is 11.3 Å². The Balaban J connectivity index is 1.72. The van der Waals surface area contributed by atoms with Crippen molar-refractivity contribution in [3.63, 3.8) is 0 Å². The number of amides is 2. The van der Waals surface area contributed by atoms with Gasteiger partial charge in [0.2, 0.25) is 11.8 Å². The Bertz CT molecular complexity index is 930. The predicted octanol–water partition coefficient (Wildman–Crippen LogP) is 2.41. The zero-order valence-corrected chi connectivity index (χ0v) is 16.9. The highest BCUT2D eigenvalue weighted by Crippen LogP contribution is 2.38. The average Bonchev–Trinajstić information content (AvgIpc) is 2.94. The number of aryl methyl sites for hydroxylation is 1. The van der Waals surface area contributed by atoms with E-state index in [-0.39, 0.29) is 24.9 Å². The van der Waals surface area contributed by atoms with E-state index in [0.29, 0.717) is 26.3 Å². The SMILES string of the molecule is Cc1sc2c(c1C)C(c1ccccc1)=NCC(=O)N2CC(=O)N1CCOCC1. The van der Waals surface area contributed by atoms with Crippen LogP contribution < -0.4 is 4.90 Å². The van der Waals surface area contributed by atoms with Gasteiger partial charge in [0, 0.05) is 29.1 Å². The van der Waals surface area contributed by atoms with E-state index >= 15 is 0 Å². The Morgan fingerprint density at radius 3 is 2.61 bits per heavy atom. The lowest BCUT2D eigenvalue weighted by atomic mass is 10.00. The molecule has 1 saturated heterocycles. The average molecular weight is 398 g/mol. The van der Waals surface area contributed by atoms with Crippen LogP contribution in [0.5, 0.6) is 0 Å². The molecule has 2 aliphatic rings. The highest BCUT2D eigenvalue weighted by Gasteiger charge is 2.32. The van der Waals surface area contributed by atoms with Crippen molar-refractivity contribution in [1.29, 1.82) is 0 Å². The number of aliphatic imine (C=N–C) groups is 1. The Morgan fingerprint density at radius 2 is 1.89 bits per heavy atom. The molecule has 146 valence electrons. The van der Waals surface area contributed by atoms with E-state index in [2.05, 4.69) is 11.9 Å². The number of nitrogens with zero attached hydrogens (tertiary/aromatic N) is 3. The van der Waals surface area contributed by atoms with Crippen molar-refractivity contribution in [1.82, 2.24) is 4.90 Å². The minimum Gasteiger partial charge on any atom is -0.378 e. The maximum absolute atomic E-state index is 12.9. The summed E-state index contributed by atoms with van der Waals surface area (Å²) in [5.74, 6) is -0.190. The first kappa shape index (κ1) is 18.8. The molecule has 7 heteroatoms. The van der Waals surface area contributed by atoms with Crippen molar-refractivity contribution in [3.8, 4) is 0 Å². The summed E-state index contributed by atoms with van der Waals surface area (Å²) in [5, 5.41) is 0.821. The largest absolute Gasteiger partial charge is 0.378 e. The number of morpholine rings is 1. The summed E-state index contributed by atoms with van der Waals surface area (Å²) >= 11 is 1.56. The van der Waals surface area contributed by atoms with Gasteiger partial charge in [-0.05, 0) is 19.4 Å². The normalized spacial score (nSPS) is 17.2. The second-order valence-corrected chi connectivity index (χ2v) is 8.17. The molecule has 1 fully saturated rings. The molecular weight excluding hydrogens is 374 g/mol. The minimum absolute atomic E-state index is 0.0422. The number of hydrogen-bond acceptors (Lipinski definition) is 5. The minimum atomic E-state index is -0.143. The molecule has 28 heavy (non-hydrogen) atoms. The second-order valence-electron chi connectivity index (χ2n) is 6.97. The summed E-state index contributed by atoms with van der Waals surface area (Å²) in [5.41, 5.74) is 3.89. The van der Waals surface area contributed by atoms with Gasteiger partial charge in [0.25, 0.3) is 0 Å². The zero-order chi connectivity index (χ0) is 19.7. The number of ether oxygens (including phenoxy) is 1. The molecule has 0 unspecified atom stereocenters. The van der Waals surface area contributed by atoms with Gasteiger partial charge in [0.05, 0.1) is 18.9 Å². The number of anilines is 1. The van der Waals surface area contributed by atoms with Gasteiger partial charge in [-0.2, -0.15) is 0 Å². The van der Waals surface area contributed by atoms with Gasteiger partial charge in [0.1, 0.15) is 18.1 Å². The van der Waals surface area contributed by atoms with Crippen molar-refractivity contribution in [2.45, 2.75) is 13.8 Å². The van der Waals surface area contributed by atoms with Crippen molar-refractivity contribution in [3.05, 3.63) is 51.9 Å². The van der Waals surface area contributed by atoms with Gasteiger partial charge < -0.3 is 9.64 Å². The zero-order valence-electron chi connectivity index (χ0n) is 16.1. The van der Waals surface area contributed by atoms with Crippen LogP contribution in [0.15, 0.2) is 35.3 Å². The first-order chi connectivity index (χ1) is 13.6. The second kappa shape index (κ2) is 7.85. The molecule has 0 saturated carbocycles. The van der Waals surface area contributed by atoms with Gasteiger partial charge in [-0.1, -0.05) is 30.3 Å². The molecule has 0 spiro atoms. The number of carbonyl (C=O) groups is 2. The van der Waals surface area contributed by atoms with Crippen LogP contribution in [-0.4, -0.2) is 61.8 Å². The van der Waals surface area contributed by atoms with Gasteiger partial charge in [-0.3, -0.25) is 19.5 Å². The molecule has 3 heterocycles. The third-order valence-electron chi connectivity index (χ3n) is 5.23. The number of benzene rings is 1. The number of thiophene rings is 1. The fourth-order valence-electron chi connectivity index (χ4n) is 3.54. The number of rotatable bonds is 3. The summed E-state index contributed by atoms with van der Waals surface area (Å²) in [6.07, 6.45) is 0. The molecule has 0 bridgehead atoms. The van der Waals surface area contributed by atoms with E-state index in [9.17, 15) is 9.59 Å². The number of carbonyl (C=O) groups excluding carboxylic acids is 2. The van der Waals surface area contributed by atoms with E-state index in [1.54, 1.807) is 21.1 Å². The van der Waals surface area contributed by atoms with Crippen LogP contribution in [0, 0.1) is 13.8 Å². The Labute approximate surface area is 168 Å². The van der Waals surface area contributed by atoms with Crippen LogP contribution in [0.4, 0.5) is 5.00 Å². The van der Waals surface area contributed by atoms with Gasteiger partial charge in [0.15, 0.2) is 0 Å². The summed E-state index contributed by atoms with van der Waals surface area (Å²) < 4.78 is 5.33. The molecule has 1 aromatic carbocycles. The molecule has 2 aromatic rings. The van der Waals surface area contributed by atoms with Crippen molar-refractivity contribution in [2.75, 3.05) is 44.3 Å². The lowest BCUT2D eigenvalue weighted by Gasteiger charge is -2.29. The monoisotopic (exact) mass is 397 g/mol. The molecule has 0 N–H and O–H groups in total. The Kier molecular flexibility index (Phi) is 5.28. The Morgan fingerprint density at radius 1 is 1.18 bits per heavy atom. The van der Waals surface area contributed by atoms with E-state index in [1.807, 2.05) is 37.3 Å². The predicted molar refractivity (Wildman–Crippen MR) is 110 cm³/mol. The van der Waals surface area contributed by atoms with Gasteiger partial charge in [-0.25, -0.2) is 0 Å². The lowest BCUT2D eigenvalue weighted by molar-refractivity contribution is -0.134. The van der Waals surface area contributed by atoms with E-state index in [1.165, 1.54) is 0 Å². The maximum Gasteiger partial charge on any atom is 0.249 e. The molecule has 2 aliphatic heterocycles. The Hall–Kier alpha value is -2.51. The van der Waals surface area contributed by atoms with Gasteiger partial charge in [-0.15, -0.1) is 11.3 Å². The molecule has 4 rings (SSSR count). The molecule has 0 atom stereocenters. The van der Waals surface area contributed by atoms with Crippen LogP contribution in [0.25, 0.3) is 0 Å². The summed E-state index contributed by atoms with van der Waals surface area (Å²) in [4.78, 5) is 34.9. The van der Waals surface area contributed by atoms with Gasteiger partial charge >= 0.3 is 0 Å². The van der Waals surface area contributed by atoms with Crippen LogP contribution in [0.1, 0.15) is 21.6 Å². The molecule has 2 amide bonds. The van der Waals surface area contributed by atoms with E-state index in [0.717, 1.165) is 32.3 Å². The fourth-order valence-corrected chi connectivity index (χ4v) is 4.72. The van der Waals surface area contributed by atoms with Crippen molar-refractivity contribution in [2.24, 2.45) is 4.99 Å². The smallest absolute Gasteiger partial charge is 0.249 e. The van der Waals surface area contributed by atoms with Crippen LogP contribution in [0.2, 0.25) is 0 Å². The summed E-state index contributed by atoms with van der Waals surface area (Å²) in [6, 6.07) is 9.92. The molecule has 0 aliphatic carbocycles. The highest BCUT2D eigenvalue weighted by molar-refractivity contribution is 7.17. The van der Waals surface area contributed by atoms with Crippen molar-refractivity contribution >= 4 is 33.9 Å². The maximum atomic E-state index is 12.9. The molecule has 6 nitrogen and oxygen atoms in total. The summed E-state index contributed by atoms with van der Waals surface area (Å²) in [7, 11) is 0. The summed E-state index contributed by atoms with van der Waals surface area (Å²) in [6.45, 7) is 6.42. The first-order valence-electron chi connectivity index (χ1n) is 9.42. The van der Waals surface area contributed by atoms with E-state index in [4.69, 9.17) is 4.74 Å². The lowest BCUT2D eigenvalue weighted by Crippen LogP contribution is -2.47. The van der Waals surface area contributed by atoms with Crippen molar-refractivity contribution < 1.29 is 14.3 Å². The van der Waals surface area contributed by atoms with E-state index < -0.39 is 0 Å². The topological polar surface area (TPSA) is 62.2 Å². The molecular formula is C21H23N3O3S. The third kappa shape index (κ3) is 3.47.